The van der Waals surface area contributed by atoms with Gasteiger partial charge in [0, 0.05) is 9.05 Å². The number of carbonyl (C=O) groups is 2. The van der Waals surface area contributed by atoms with E-state index in [0.29, 0.717) is 0 Å². The second kappa shape index (κ2) is 8.85. The summed E-state index contributed by atoms with van der Waals surface area (Å²) in [5.74, 6) is -4.04. The van der Waals surface area contributed by atoms with Crippen molar-refractivity contribution in [3.8, 4) is 0 Å². The fourth-order valence-electron chi connectivity index (χ4n) is 0.0630. The van der Waals surface area contributed by atoms with Crippen LogP contribution >= 0.6 is 0 Å². The number of hydrogen-bond acceptors (Lipinski definition) is 6. The van der Waals surface area contributed by atoms with Gasteiger partial charge in [-0.2, -0.15) is 8.42 Å². The second-order valence-corrected chi connectivity index (χ2v) is 2.07. The van der Waals surface area contributed by atoms with Gasteiger partial charge in [0.1, 0.15) is 0 Å². The zero-order valence-electron chi connectivity index (χ0n) is 5.51. The average Bonchev–Trinajstić information content (AvgIpc) is 1.98. The van der Waals surface area contributed by atoms with E-state index < -0.39 is 22.3 Å². The molecule has 0 bridgehead atoms. The molecule has 0 fully saturated rings. The minimum atomic E-state index is -4.67. The van der Waals surface area contributed by atoms with E-state index in [4.69, 9.17) is 17.5 Å². The molecule has 0 saturated carbocycles. The van der Waals surface area contributed by atoms with Crippen LogP contribution < -0.4 is 0 Å². The molecule has 0 aromatic heterocycles. The van der Waals surface area contributed by atoms with Gasteiger partial charge in [-0.15, -0.1) is 0 Å². The summed E-state index contributed by atoms with van der Waals surface area (Å²) in [5.41, 5.74) is 0. The third-order valence-corrected chi connectivity index (χ3v) is 0.307. The maximum atomic E-state index is 10.5. The predicted octanol–water partition coefficient (Wildman–Crippen LogP) is -1.46. The Labute approximate surface area is 87.7 Å². The topological polar surface area (TPSA) is 127 Å². The standard InChI is InChI=1S/C2F2O4.Li.H2O4S.H/c3-7-1(5)2(6)8-4;;1-5(2,3)4;/h;;(H2,1,2,3,4);. The number of hydrogen-bond donors (Lipinski definition) is 2. The van der Waals surface area contributed by atoms with Gasteiger partial charge in [0.2, 0.25) is 0 Å². The molecule has 0 unspecified atom stereocenters. The van der Waals surface area contributed by atoms with Crippen molar-refractivity contribution < 1.29 is 46.0 Å². The molecule has 0 radical (unpaired) electrons. The Morgan fingerprint density at radius 2 is 1.14 bits per heavy atom. The van der Waals surface area contributed by atoms with Gasteiger partial charge in [0.25, 0.3) is 0 Å². The first-order valence-corrected chi connectivity index (χ1v) is 3.47. The fourth-order valence-corrected chi connectivity index (χ4v) is 0.0630. The van der Waals surface area contributed by atoms with Gasteiger partial charge < -0.3 is 0 Å². The van der Waals surface area contributed by atoms with Crippen molar-refractivity contribution in [2.45, 2.75) is 0 Å². The summed E-state index contributed by atoms with van der Waals surface area (Å²) in [7, 11) is -4.67. The predicted molar refractivity (Wildman–Crippen MR) is 35.7 cm³/mol. The fraction of sp³-hybridized carbons (Fsp3) is 0. The molecule has 2 N–H and O–H groups in total. The Balaban J connectivity index is -0.000000177. The second-order valence-electron chi connectivity index (χ2n) is 1.18. The van der Waals surface area contributed by atoms with Crippen molar-refractivity contribution in [1.29, 1.82) is 0 Å². The molecule has 8 nitrogen and oxygen atoms in total. The zero-order valence-corrected chi connectivity index (χ0v) is 6.32. The molecule has 14 heavy (non-hydrogen) atoms. The van der Waals surface area contributed by atoms with E-state index in [1.807, 2.05) is 0 Å². The molecular weight excluding hydrogens is 229 g/mol. The van der Waals surface area contributed by atoms with Gasteiger partial charge in [-0.1, -0.05) is 0 Å². The Bertz CT molecular complexity index is 251. The van der Waals surface area contributed by atoms with E-state index in [-0.39, 0.29) is 18.9 Å². The van der Waals surface area contributed by atoms with Gasteiger partial charge in [-0.25, -0.2) is 19.5 Å². The van der Waals surface area contributed by atoms with Crippen LogP contribution in [0.3, 0.4) is 0 Å². The van der Waals surface area contributed by atoms with Crippen molar-refractivity contribution in [3.05, 3.63) is 0 Å². The summed E-state index contributed by atoms with van der Waals surface area (Å²) >= 11 is 0. The van der Waals surface area contributed by atoms with Crippen LogP contribution in [0.25, 0.3) is 0 Å². The van der Waals surface area contributed by atoms with E-state index in [1.165, 1.54) is 0 Å². The molecule has 0 aliphatic carbocycles. The van der Waals surface area contributed by atoms with E-state index in [2.05, 4.69) is 9.88 Å². The molecule has 0 aliphatic rings. The van der Waals surface area contributed by atoms with E-state index in [0.717, 1.165) is 0 Å². The first-order chi connectivity index (χ1) is 5.72. The third kappa shape index (κ3) is 22.5. The van der Waals surface area contributed by atoms with Crippen molar-refractivity contribution in [3.63, 3.8) is 0 Å². The van der Waals surface area contributed by atoms with E-state index >= 15 is 0 Å². The Morgan fingerprint density at radius 1 is 1.00 bits per heavy atom. The van der Waals surface area contributed by atoms with Crippen LogP contribution in [-0.4, -0.2) is 48.3 Å². The maximum absolute atomic E-state index is 10.5. The van der Waals surface area contributed by atoms with Crippen LogP contribution in [0.15, 0.2) is 0 Å². The summed E-state index contributed by atoms with van der Waals surface area (Å²) in [6.07, 6.45) is 0. The summed E-state index contributed by atoms with van der Waals surface area (Å²) in [6, 6.07) is 0. The van der Waals surface area contributed by atoms with E-state index in [9.17, 15) is 18.6 Å². The molecule has 0 heterocycles. The molecule has 12 heteroatoms. The first kappa shape index (κ1) is 18.9. The molecule has 0 atom stereocenters. The Hall–Kier alpha value is -0.733. The van der Waals surface area contributed by atoms with Crippen LogP contribution in [0.1, 0.15) is 0 Å². The van der Waals surface area contributed by atoms with Gasteiger partial charge >= 0.3 is 41.2 Å². The normalized spacial score (nSPS) is 8.57. The average molecular weight is 232 g/mol. The van der Waals surface area contributed by atoms with E-state index in [1.54, 1.807) is 0 Å². The summed E-state index contributed by atoms with van der Waals surface area (Å²) in [4.78, 5) is 23.4. The van der Waals surface area contributed by atoms with Gasteiger partial charge in [0.05, 0.1) is 0 Å². The molecule has 0 aromatic rings. The van der Waals surface area contributed by atoms with Crippen LogP contribution in [0.4, 0.5) is 9.05 Å². The Kier molecular flexibility index (Phi) is 12.0. The number of carbonyl (C=O) groups excluding carboxylic acids is 2. The first-order valence-electron chi connectivity index (χ1n) is 2.07. The molecule has 80 valence electrons. The zero-order chi connectivity index (χ0) is 11.1. The molecule has 0 rings (SSSR count). The molecule has 0 amide bonds. The SMILES string of the molecule is O=C(OF)C(=O)OF.O=S(=O)(O)O.[LiH]. The molecular formula is C2H3F2LiO8S. The monoisotopic (exact) mass is 232 g/mol. The van der Waals surface area contributed by atoms with Crippen LogP contribution in [0, 0.1) is 0 Å². The van der Waals surface area contributed by atoms with Gasteiger partial charge in [-0.3, -0.25) is 9.11 Å². The summed E-state index contributed by atoms with van der Waals surface area (Å²) in [5, 5.41) is 0. The third-order valence-electron chi connectivity index (χ3n) is 0.307. The quantitative estimate of drug-likeness (QED) is 0.294. The minimum absolute atomic E-state index is 0. The molecule has 0 saturated heterocycles. The van der Waals surface area contributed by atoms with Crippen molar-refractivity contribution in [2.24, 2.45) is 0 Å². The Morgan fingerprint density at radius 3 is 1.21 bits per heavy atom. The van der Waals surface area contributed by atoms with Crippen molar-refractivity contribution in [1.82, 2.24) is 0 Å². The van der Waals surface area contributed by atoms with Crippen molar-refractivity contribution in [2.75, 3.05) is 0 Å². The molecule has 0 aromatic carbocycles. The number of halogens is 2. The van der Waals surface area contributed by atoms with Gasteiger partial charge in [0.15, 0.2) is 0 Å². The van der Waals surface area contributed by atoms with Crippen LogP contribution in [0.2, 0.25) is 0 Å². The molecule has 0 aliphatic heterocycles. The van der Waals surface area contributed by atoms with Crippen LogP contribution in [0.5, 0.6) is 0 Å². The summed E-state index contributed by atoms with van der Waals surface area (Å²) in [6.45, 7) is 0. The molecule has 0 spiro atoms. The van der Waals surface area contributed by atoms with Gasteiger partial charge in [-0.05, 0) is 0 Å². The summed E-state index contributed by atoms with van der Waals surface area (Å²) < 4.78 is 52.6. The van der Waals surface area contributed by atoms with Crippen molar-refractivity contribution >= 4 is 41.2 Å². The van der Waals surface area contributed by atoms with Crippen LogP contribution in [-0.2, 0) is 29.9 Å². The number of rotatable bonds is 0.